The number of halogens is 3. The van der Waals surface area contributed by atoms with Crippen LogP contribution in [0.4, 0.5) is 19.0 Å². The van der Waals surface area contributed by atoms with Crippen molar-refractivity contribution in [1.82, 2.24) is 4.98 Å². The summed E-state index contributed by atoms with van der Waals surface area (Å²) in [5.74, 6) is -1.55. The molecule has 0 aliphatic carbocycles. The van der Waals surface area contributed by atoms with Crippen LogP contribution in [-0.2, 0) is 6.42 Å². The van der Waals surface area contributed by atoms with Gasteiger partial charge in [0.05, 0.1) is 0 Å². The lowest BCUT2D eigenvalue weighted by Crippen LogP contribution is -2.23. The van der Waals surface area contributed by atoms with Crippen LogP contribution in [0.3, 0.4) is 0 Å². The van der Waals surface area contributed by atoms with Crippen LogP contribution in [0.15, 0.2) is 12.3 Å². The van der Waals surface area contributed by atoms with Crippen molar-refractivity contribution in [1.29, 1.82) is 0 Å². The number of aryl methyl sites for hydroxylation is 1. The van der Waals surface area contributed by atoms with Crippen molar-refractivity contribution in [2.45, 2.75) is 19.5 Å². The number of pyridine rings is 1. The maximum absolute atomic E-state index is 12.0. The van der Waals surface area contributed by atoms with Crippen LogP contribution in [0.2, 0.25) is 0 Å². The van der Waals surface area contributed by atoms with E-state index >= 15 is 0 Å². The summed E-state index contributed by atoms with van der Waals surface area (Å²) in [5, 5.41) is 10.9. The van der Waals surface area contributed by atoms with Gasteiger partial charge in [0.15, 0.2) is 0 Å². The van der Waals surface area contributed by atoms with Gasteiger partial charge in [0, 0.05) is 6.20 Å². The molecule has 0 atom stereocenters. The zero-order chi connectivity index (χ0) is 13.1. The van der Waals surface area contributed by atoms with E-state index in [4.69, 9.17) is 5.11 Å². The number of anilines is 1. The zero-order valence-electron chi connectivity index (χ0n) is 9.01. The van der Waals surface area contributed by atoms with Gasteiger partial charge in [-0.05, 0) is 18.1 Å². The number of carboxylic acids is 1. The first-order chi connectivity index (χ1) is 7.85. The Hall–Kier alpha value is -1.79. The molecule has 0 aliphatic rings. The third-order valence-electron chi connectivity index (χ3n) is 2.09. The van der Waals surface area contributed by atoms with Gasteiger partial charge < -0.3 is 10.4 Å². The summed E-state index contributed by atoms with van der Waals surface area (Å²) in [6.45, 7) is 0.406. The Morgan fingerprint density at radius 1 is 1.53 bits per heavy atom. The van der Waals surface area contributed by atoms with E-state index < -0.39 is 18.7 Å². The molecule has 94 valence electrons. The Labute approximate surface area is 95.5 Å². The Morgan fingerprint density at radius 3 is 2.65 bits per heavy atom. The van der Waals surface area contributed by atoms with E-state index in [0.717, 1.165) is 0 Å². The standard InChI is InChI=1S/C10H11F3N2O2/c1-2-6-3-4-14-8(7(6)9(16)17)15-5-10(11,12)13/h3-4H,2,5H2,1H3,(H,14,15)(H,16,17). The highest BCUT2D eigenvalue weighted by Crippen LogP contribution is 2.20. The van der Waals surface area contributed by atoms with Crippen molar-refractivity contribution >= 4 is 11.8 Å². The van der Waals surface area contributed by atoms with Gasteiger partial charge in [-0.25, -0.2) is 9.78 Å². The summed E-state index contributed by atoms with van der Waals surface area (Å²) < 4.78 is 36.1. The van der Waals surface area contributed by atoms with Gasteiger partial charge in [0.1, 0.15) is 17.9 Å². The Balaban J connectivity index is 3.02. The monoisotopic (exact) mass is 248 g/mol. The van der Waals surface area contributed by atoms with Crippen molar-refractivity contribution in [3.05, 3.63) is 23.4 Å². The second-order valence-electron chi connectivity index (χ2n) is 3.32. The highest BCUT2D eigenvalue weighted by atomic mass is 19.4. The van der Waals surface area contributed by atoms with Crippen molar-refractivity contribution in [3.63, 3.8) is 0 Å². The Kier molecular flexibility index (Phi) is 3.93. The van der Waals surface area contributed by atoms with Crippen molar-refractivity contribution in [3.8, 4) is 0 Å². The molecule has 0 unspecified atom stereocenters. The van der Waals surface area contributed by atoms with Gasteiger partial charge in [-0.1, -0.05) is 6.92 Å². The summed E-state index contributed by atoms with van der Waals surface area (Å²) in [5.41, 5.74) is 0.233. The summed E-state index contributed by atoms with van der Waals surface area (Å²) in [7, 11) is 0. The van der Waals surface area contributed by atoms with E-state index in [-0.39, 0.29) is 11.4 Å². The van der Waals surface area contributed by atoms with Gasteiger partial charge in [-0.15, -0.1) is 0 Å². The van der Waals surface area contributed by atoms with Gasteiger partial charge in [-0.3, -0.25) is 0 Å². The minimum Gasteiger partial charge on any atom is -0.478 e. The second-order valence-corrected chi connectivity index (χ2v) is 3.32. The highest BCUT2D eigenvalue weighted by Gasteiger charge is 2.28. The molecule has 0 radical (unpaired) electrons. The number of rotatable bonds is 4. The number of hydrogen-bond acceptors (Lipinski definition) is 3. The molecule has 0 bridgehead atoms. The number of nitrogens with zero attached hydrogens (tertiary/aromatic N) is 1. The number of hydrogen-bond donors (Lipinski definition) is 2. The van der Waals surface area contributed by atoms with E-state index in [1.165, 1.54) is 12.3 Å². The molecule has 1 heterocycles. The van der Waals surface area contributed by atoms with Crippen molar-refractivity contribution < 1.29 is 23.1 Å². The van der Waals surface area contributed by atoms with Gasteiger partial charge in [0.25, 0.3) is 0 Å². The molecule has 0 saturated carbocycles. The predicted octanol–water partition coefficient (Wildman–Crippen LogP) is 2.32. The minimum atomic E-state index is -4.42. The third-order valence-corrected chi connectivity index (χ3v) is 2.09. The fraction of sp³-hybridized carbons (Fsp3) is 0.400. The average molecular weight is 248 g/mol. The molecule has 1 aromatic heterocycles. The van der Waals surface area contributed by atoms with Gasteiger partial charge in [-0.2, -0.15) is 13.2 Å². The number of aromatic nitrogens is 1. The molecule has 0 fully saturated rings. The quantitative estimate of drug-likeness (QED) is 0.858. The van der Waals surface area contributed by atoms with Crippen LogP contribution >= 0.6 is 0 Å². The largest absolute Gasteiger partial charge is 0.478 e. The molecule has 0 aliphatic heterocycles. The summed E-state index contributed by atoms with van der Waals surface area (Å²) in [4.78, 5) is 14.6. The number of alkyl halides is 3. The summed E-state index contributed by atoms with van der Waals surface area (Å²) in [6, 6.07) is 1.47. The number of nitrogens with one attached hydrogen (secondary N) is 1. The fourth-order valence-electron chi connectivity index (χ4n) is 1.35. The van der Waals surface area contributed by atoms with E-state index in [2.05, 4.69) is 4.98 Å². The molecular weight excluding hydrogens is 237 g/mol. The molecule has 4 nitrogen and oxygen atoms in total. The van der Waals surface area contributed by atoms with Gasteiger partial charge in [0.2, 0.25) is 0 Å². The molecule has 0 spiro atoms. The molecule has 17 heavy (non-hydrogen) atoms. The SMILES string of the molecule is CCc1ccnc(NCC(F)(F)F)c1C(=O)O. The fourth-order valence-corrected chi connectivity index (χ4v) is 1.35. The zero-order valence-corrected chi connectivity index (χ0v) is 9.01. The minimum absolute atomic E-state index is 0.209. The van der Waals surface area contributed by atoms with Crippen LogP contribution in [0.25, 0.3) is 0 Å². The lowest BCUT2D eigenvalue weighted by Gasteiger charge is -2.12. The Bertz CT molecular complexity index is 419. The summed E-state index contributed by atoms with van der Waals surface area (Å²) >= 11 is 0. The molecule has 0 saturated heterocycles. The first-order valence-electron chi connectivity index (χ1n) is 4.87. The normalized spacial score (nSPS) is 11.3. The molecule has 0 aromatic carbocycles. The average Bonchev–Trinajstić information content (AvgIpc) is 2.24. The van der Waals surface area contributed by atoms with E-state index in [9.17, 15) is 18.0 Å². The van der Waals surface area contributed by atoms with Crippen molar-refractivity contribution in [2.24, 2.45) is 0 Å². The molecule has 7 heteroatoms. The van der Waals surface area contributed by atoms with Crippen LogP contribution in [0.5, 0.6) is 0 Å². The highest BCUT2D eigenvalue weighted by molar-refractivity contribution is 5.94. The van der Waals surface area contributed by atoms with Crippen molar-refractivity contribution in [2.75, 3.05) is 11.9 Å². The molecular formula is C10H11F3N2O2. The van der Waals surface area contributed by atoms with E-state index in [1.54, 1.807) is 6.92 Å². The second kappa shape index (κ2) is 5.03. The molecule has 0 amide bonds. The van der Waals surface area contributed by atoms with Crippen LogP contribution in [0.1, 0.15) is 22.8 Å². The molecule has 2 N–H and O–H groups in total. The number of carbonyl (C=O) groups is 1. The lowest BCUT2D eigenvalue weighted by atomic mass is 10.1. The lowest BCUT2D eigenvalue weighted by molar-refractivity contribution is -0.115. The smallest absolute Gasteiger partial charge is 0.405 e. The predicted molar refractivity (Wildman–Crippen MR) is 55.1 cm³/mol. The van der Waals surface area contributed by atoms with Crippen LogP contribution in [0, 0.1) is 0 Å². The van der Waals surface area contributed by atoms with Crippen LogP contribution in [-0.4, -0.2) is 28.8 Å². The number of aromatic carboxylic acids is 1. The van der Waals surface area contributed by atoms with E-state index in [0.29, 0.717) is 12.0 Å². The topological polar surface area (TPSA) is 62.2 Å². The van der Waals surface area contributed by atoms with Crippen LogP contribution < -0.4 is 5.32 Å². The first kappa shape index (κ1) is 13.3. The summed E-state index contributed by atoms with van der Waals surface area (Å²) in [6.07, 6.45) is -2.73. The Morgan fingerprint density at radius 2 is 2.18 bits per heavy atom. The maximum Gasteiger partial charge on any atom is 0.405 e. The maximum atomic E-state index is 12.0. The molecule has 1 rings (SSSR count). The third kappa shape index (κ3) is 3.61. The van der Waals surface area contributed by atoms with Gasteiger partial charge >= 0.3 is 12.1 Å². The number of carboxylic acid groups (broad SMARTS) is 1. The first-order valence-corrected chi connectivity index (χ1v) is 4.87. The molecule has 1 aromatic rings. The van der Waals surface area contributed by atoms with E-state index in [1.807, 2.05) is 5.32 Å².